The van der Waals surface area contributed by atoms with E-state index >= 15 is 0 Å². The third-order valence-electron chi connectivity index (χ3n) is 1.14. The van der Waals surface area contributed by atoms with Gasteiger partial charge in [0.05, 0.1) is 6.10 Å². The van der Waals surface area contributed by atoms with Crippen molar-refractivity contribution in [3.63, 3.8) is 0 Å². The van der Waals surface area contributed by atoms with Crippen molar-refractivity contribution in [3.8, 4) is 11.8 Å². The lowest BCUT2D eigenvalue weighted by Gasteiger charge is -1.98. The molecule has 56 valence electrons. The fraction of sp³-hybridized carbons (Fsp3) is 0.556. The number of aliphatic hydroxyl groups is 1. The van der Waals surface area contributed by atoms with Crippen LogP contribution in [0.2, 0.25) is 0 Å². The first-order valence-corrected chi connectivity index (χ1v) is 3.57. The zero-order valence-corrected chi connectivity index (χ0v) is 6.43. The molecule has 0 heterocycles. The van der Waals surface area contributed by atoms with Crippen LogP contribution in [-0.2, 0) is 0 Å². The number of hydrogen-bond donors (Lipinski definition) is 1. The fourth-order valence-electron chi connectivity index (χ4n) is 0.551. The highest BCUT2D eigenvalue weighted by atomic mass is 16.3. The standard InChI is InChI=1S/C9H14O/c1-3-5-6-7-8-9(10)4-2/h4,9-10H,2-3,7-8H2,1H3. The molecule has 0 amide bonds. The van der Waals surface area contributed by atoms with Gasteiger partial charge in [0.25, 0.3) is 0 Å². The number of aliphatic hydroxyl groups excluding tert-OH is 1. The molecule has 0 aliphatic carbocycles. The highest BCUT2D eigenvalue weighted by Gasteiger charge is 1.93. The third kappa shape index (κ3) is 5.40. The van der Waals surface area contributed by atoms with Crippen LogP contribution in [0.15, 0.2) is 12.7 Å². The smallest absolute Gasteiger partial charge is 0.0727 e. The van der Waals surface area contributed by atoms with E-state index in [-0.39, 0.29) is 6.10 Å². The van der Waals surface area contributed by atoms with E-state index in [1.54, 1.807) is 0 Å². The lowest BCUT2D eigenvalue weighted by atomic mass is 10.2. The summed E-state index contributed by atoms with van der Waals surface area (Å²) in [6.45, 7) is 5.47. The Labute approximate surface area is 62.8 Å². The maximum Gasteiger partial charge on any atom is 0.0727 e. The van der Waals surface area contributed by atoms with Crippen LogP contribution in [0.3, 0.4) is 0 Å². The average Bonchev–Trinajstić information content (AvgIpc) is 1.98. The zero-order valence-electron chi connectivity index (χ0n) is 6.43. The van der Waals surface area contributed by atoms with Crippen LogP contribution in [0.1, 0.15) is 26.2 Å². The van der Waals surface area contributed by atoms with Crippen LogP contribution >= 0.6 is 0 Å². The Morgan fingerprint density at radius 2 is 2.30 bits per heavy atom. The molecule has 1 nitrogen and oxygen atoms in total. The monoisotopic (exact) mass is 138 g/mol. The Balaban J connectivity index is 3.27. The fourth-order valence-corrected chi connectivity index (χ4v) is 0.551. The van der Waals surface area contributed by atoms with E-state index < -0.39 is 0 Å². The first-order valence-electron chi connectivity index (χ1n) is 3.57. The molecule has 1 heteroatoms. The van der Waals surface area contributed by atoms with Crippen molar-refractivity contribution in [2.24, 2.45) is 0 Å². The molecule has 0 radical (unpaired) electrons. The van der Waals surface area contributed by atoms with Gasteiger partial charge in [0.1, 0.15) is 0 Å². The molecule has 1 unspecified atom stereocenters. The van der Waals surface area contributed by atoms with E-state index in [1.807, 2.05) is 6.92 Å². The quantitative estimate of drug-likeness (QED) is 0.465. The molecular weight excluding hydrogens is 124 g/mol. The number of hydrogen-bond acceptors (Lipinski definition) is 1. The molecule has 1 atom stereocenters. The van der Waals surface area contributed by atoms with Crippen molar-refractivity contribution in [3.05, 3.63) is 12.7 Å². The predicted octanol–water partition coefficient (Wildman–Crippen LogP) is 1.73. The van der Waals surface area contributed by atoms with E-state index in [2.05, 4.69) is 18.4 Å². The summed E-state index contributed by atoms with van der Waals surface area (Å²) in [5.41, 5.74) is 0. The van der Waals surface area contributed by atoms with Crippen LogP contribution in [0.4, 0.5) is 0 Å². The van der Waals surface area contributed by atoms with Crippen LogP contribution in [0, 0.1) is 11.8 Å². The molecule has 0 aliphatic heterocycles. The SMILES string of the molecule is C=CC(O)CCC#CCC. The Bertz CT molecular complexity index is 139. The van der Waals surface area contributed by atoms with Crippen LogP contribution in [0.25, 0.3) is 0 Å². The van der Waals surface area contributed by atoms with Crippen LogP contribution in [-0.4, -0.2) is 11.2 Å². The molecule has 1 N–H and O–H groups in total. The molecule has 0 spiro atoms. The summed E-state index contributed by atoms with van der Waals surface area (Å²) in [4.78, 5) is 0. The van der Waals surface area contributed by atoms with Gasteiger partial charge in [-0.1, -0.05) is 13.0 Å². The summed E-state index contributed by atoms with van der Waals surface area (Å²) < 4.78 is 0. The van der Waals surface area contributed by atoms with Crippen molar-refractivity contribution in [2.45, 2.75) is 32.3 Å². The summed E-state index contributed by atoms with van der Waals surface area (Å²) in [5.74, 6) is 5.87. The summed E-state index contributed by atoms with van der Waals surface area (Å²) >= 11 is 0. The zero-order chi connectivity index (χ0) is 7.82. The Morgan fingerprint density at radius 3 is 2.80 bits per heavy atom. The molecular formula is C9H14O. The van der Waals surface area contributed by atoms with Gasteiger partial charge in [-0.05, 0) is 6.42 Å². The summed E-state index contributed by atoms with van der Waals surface area (Å²) in [5, 5.41) is 8.97. The average molecular weight is 138 g/mol. The van der Waals surface area contributed by atoms with E-state index in [4.69, 9.17) is 5.11 Å². The predicted molar refractivity (Wildman–Crippen MR) is 43.5 cm³/mol. The molecule has 0 bridgehead atoms. The van der Waals surface area contributed by atoms with E-state index in [9.17, 15) is 0 Å². The molecule has 0 fully saturated rings. The Morgan fingerprint density at radius 1 is 1.60 bits per heavy atom. The lowest BCUT2D eigenvalue weighted by molar-refractivity contribution is 0.215. The van der Waals surface area contributed by atoms with Crippen molar-refractivity contribution < 1.29 is 5.11 Å². The van der Waals surface area contributed by atoms with Crippen molar-refractivity contribution in [1.29, 1.82) is 0 Å². The lowest BCUT2D eigenvalue weighted by Crippen LogP contribution is -1.99. The minimum Gasteiger partial charge on any atom is -0.389 e. The molecule has 0 aromatic rings. The maximum atomic E-state index is 8.97. The Kier molecular flexibility index (Phi) is 5.91. The first kappa shape index (κ1) is 9.26. The van der Waals surface area contributed by atoms with Crippen LogP contribution < -0.4 is 0 Å². The number of rotatable bonds is 3. The molecule has 0 rings (SSSR count). The third-order valence-corrected chi connectivity index (χ3v) is 1.14. The van der Waals surface area contributed by atoms with E-state index in [0.717, 1.165) is 12.8 Å². The maximum absolute atomic E-state index is 8.97. The van der Waals surface area contributed by atoms with Gasteiger partial charge >= 0.3 is 0 Å². The van der Waals surface area contributed by atoms with Crippen LogP contribution in [0.5, 0.6) is 0 Å². The van der Waals surface area contributed by atoms with Gasteiger partial charge in [0, 0.05) is 12.8 Å². The van der Waals surface area contributed by atoms with Crippen molar-refractivity contribution in [1.82, 2.24) is 0 Å². The highest BCUT2D eigenvalue weighted by Crippen LogP contribution is 1.95. The van der Waals surface area contributed by atoms with Gasteiger partial charge in [-0.15, -0.1) is 18.4 Å². The second-order valence-corrected chi connectivity index (χ2v) is 2.05. The molecule has 0 aromatic heterocycles. The largest absolute Gasteiger partial charge is 0.389 e. The highest BCUT2D eigenvalue weighted by molar-refractivity contribution is 4.98. The second-order valence-electron chi connectivity index (χ2n) is 2.05. The van der Waals surface area contributed by atoms with Crippen molar-refractivity contribution in [2.75, 3.05) is 0 Å². The minimum absolute atomic E-state index is 0.383. The van der Waals surface area contributed by atoms with Gasteiger partial charge in [0.2, 0.25) is 0 Å². The van der Waals surface area contributed by atoms with E-state index in [0.29, 0.717) is 6.42 Å². The summed E-state index contributed by atoms with van der Waals surface area (Å²) in [7, 11) is 0. The normalized spacial score (nSPS) is 11.4. The molecule has 0 saturated carbocycles. The topological polar surface area (TPSA) is 20.2 Å². The molecule has 0 aromatic carbocycles. The van der Waals surface area contributed by atoms with Gasteiger partial charge in [0.15, 0.2) is 0 Å². The van der Waals surface area contributed by atoms with Gasteiger partial charge in [-0.3, -0.25) is 0 Å². The summed E-state index contributed by atoms with van der Waals surface area (Å²) in [6.07, 6.45) is 3.51. The van der Waals surface area contributed by atoms with E-state index in [1.165, 1.54) is 6.08 Å². The minimum atomic E-state index is -0.383. The first-order chi connectivity index (χ1) is 4.81. The van der Waals surface area contributed by atoms with Crippen molar-refractivity contribution >= 4 is 0 Å². The van der Waals surface area contributed by atoms with Gasteiger partial charge < -0.3 is 5.11 Å². The summed E-state index contributed by atoms with van der Waals surface area (Å²) in [6, 6.07) is 0. The molecule has 10 heavy (non-hydrogen) atoms. The van der Waals surface area contributed by atoms with Gasteiger partial charge in [-0.2, -0.15) is 0 Å². The second kappa shape index (κ2) is 6.38. The molecule has 0 aliphatic rings. The Hall–Kier alpha value is -0.740. The van der Waals surface area contributed by atoms with Gasteiger partial charge in [-0.25, -0.2) is 0 Å². The molecule has 0 saturated heterocycles.